The van der Waals surface area contributed by atoms with Crippen LogP contribution in [0.4, 0.5) is 0 Å². The van der Waals surface area contributed by atoms with Crippen molar-refractivity contribution in [2.75, 3.05) is 92.0 Å². The van der Waals surface area contributed by atoms with Crippen LogP contribution in [0.25, 0.3) is 0 Å². The summed E-state index contributed by atoms with van der Waals surface area (Å²) in [5, 5.41) is 233. The molecule has 0 aliphatic carbocycles. The zero-order chi connectivity index (χ0) is 85.2. The second-order valence-corrected chi connectivity index (χ2v) is 38.6. The topological polar surface area (TPSA) is 621 Å². The van der Waals surface area contributed by atoms with Crippen molar-refractivity contribution in [1.29, 1.82) is 0 Å². The standard InChI is InChI=1S/C69H114O40S8/c1-5-13-113-21-29-57-41(81)49(89)65(97-29)104-56-28(20-112-8-4)95-63(47(87)39(56)79)102-54-26(18-110-6-2)94-62(46(86)38(54)78)103-55-27(19-111-7-3)96-64(48(88)40(55)80)106-58-30(22-114-14-9-34(70)71)99-67(51(91)42(58)82)108-60-32(24-116-16-11-36(74)75)101-69(53(93)44(60)84)109-61-33(25-117-17-12-37(76)77)100-68(52(92)45(61)85)107-59-31(23-115-15-10-35(72)73)98-66(105-57)50(90)43(59)83/h26-33,38-69,78-93H,5-25H2,1-4H3,(H,70,71)(H,72,73)(H,74,75)(H,76,77)/t26-,27-,28-,29-,30-,31-,32-,33-,38-,39-,40-,41-,42-,43-,44-,45-,46-,47-,48-,49-,50-,51-,52-,53-,54-,55-,56-,57-,58-,59-,60-,61-,62?,63-,64-,65?,66-,67?,68-,69-/m1/s1. The summed E-state index contributed by atoms with van der Waals surface area (Å²) >= 11 is 9.01. The first kappa shape index (κ1) is 100. The van der Waals surface area contributed by atoms with Crippen molar-refractivity contribution in [3.63, 3.8) is 0 Å². The Kier molecular flexibility index (Phi) is 41.6. The summed E-state index contributed by atoms with van der Waals surface area (Å²) in [6, 6.07) is 0. The largest absolute Gasteiger partial charge is 0.481 e. The number of aliphatic hydroxyl groups excluding tert-OH is 16. The molecule has 0 amide bonds. The Labute approximate surface area is 708 Å². The summed E-state index contributed by atoms with van der Waals surface area (Å²) in [6.07, 6.45) is -75.0. The van der Waals surface area contributed by atoms with E-state index in [0.29, 0.717) is 29.4 Å². The number of carboxylic acid groups (broad SMARTS) is 4. The quantitative estimate of drug-likeness (QED) is 0.0273. The molecular weight excluding hydrogens is 1730 g/mol. The summed E-state index contributed by atoms with van der Waals surface area (Å²) in [5.41, 5.74) is 0. The van der Waals surface area contributed by atoms with E-state index in [-0.39, 0.29) is 81.9 Å². The van der Waals surface area contributed by atoms with Gasteiger partial charge in [0, 0.05) is 69.0 Å². The van der Waals surface area contributed by atoms with Gasteiger partial charge in [0.25, 0.3) is 0 Å². The fourth-order valence-corrected chi connectivity index (χ4v) is 21.4. The lowest BCUT2D eigenvalue weighted by Crippen LogP contribution is -2.69. The number of aliphatic carboxylic acids is 4. The fraction of sp³-hybridized carbons (Fsp3) is 0.942. The van der Waals surface area contributed by atoms with E-state index >= 15 is 0 Å². The van der Waals surface area contributed by atoms with Crippen LogP contribution < -0.4 is 0 Å². The molecule has 30 heterocycles. The van der Waals surface area contributed by atoms with E-state index in [1.807, 2.05) is 20.8 Å². The van der Waals surface area contributed by atoms with E-state index in [2.05, 4.69) is 0 Å². The van der Waals surface area contributed by atoms with Gasteiger partial charge in [0.15, 0.2) is 50.3 Å². The molecule has 0 aromatic heterocycles. The van der Waals surface area contributed by atoms with Crippen LogP contribution in [0.1, 0.15) is 59.8 Å². The predicted octanol–water partition coefficient (Wildman–Crippen LogP) is -5.11. The zero-order valence-electron chi connectivity index (χ0n) is 64.3. The molecule has 30 fully saturated rings. The van der Waals surface area contributed by atoms with Crippen molar-refractivity contribution in [2.45, 2.75) is 305 Å². The highest BCUT2D eigenvalue weighted by Crippen LogP contribution is 2.43. The predicted molar refractivity (Wildman–Crippen MR) is 419 cm³/mol. The van der Waals surface area contributed by atoms with E-state index in [1.165, 1.54) is 47.0 Å². The molecule has 30 aliphatic heterocycles. The number of ether oxygens (including phenoxy) is 16. The minimum atomic E-state index is -2.24. The molecule has 48 heteroatoms. The van der Waals surface area contributed by atoms with Gasteiger partial charge in [-0.3, -0.25) is 19.2 Å². The monoisotopic (exact) mass is 1840 g/mol. The van der Waals surface area contributed by atoms with Crippen LogP contribution in [0, 0.1) is 0 Å². The fourth-order valence-electron chi connectivity index (χ4n) is 14.3. The Hall–Kier alpha value is -0.600. The summed E-state index contributed by atoms with van der Waals surface area (Å²) in [5.74, 6) is -4.36. The Balaban J connectivity index is 1.08. The molecule has 30 rings (SSSR count). The highest BCUT2D eigenvalue weighted by Gasteiger charge is 2.61. The van der Waals surface area contributed by atoms with E-state index in [0.717, 1.165) is 47.0 Å². The van der Waals surface area contributed by atoms with Crippen LogP contribution in [0.3, 0.4) is 0 Å². The van der Waals surface area contributed by atoms with Gasteiger partial charge in [-0.1, -0.05) is 27.7 Å². The molecule has 16 bridgehead atoms. The number of rotatable bonds is 33. The van der Waals surface area contributed by atoms with Crippen molar-refractivity contribution in [3.05, 3.63) is 0 Å². The van der Waals surface area contributed by atoms with Crippen molar-refractivity contribution in [3.8, 4) is 0 Å². The third-order valence-corrected chi connectivity index (χ3v) is 28.9. The molecule has 40 nitrogen and oxygen atoms in total. The molecule has 40 atom stereocenters. The second-order valence-electron chi connectivity index (χ2n) is 28.9. The number of hydrogen-bond donors (Lipinski definition) is 20. The zero-order valence-corrected chi connectivity index (χ0v) is 70.9. The molecule has 0 aromatic carbocycles. The molecule has 0 aromatic rings. The Morgan fingerprint density at radius 1 is 0.205 bits per heavy atom. The van der Waals surface area contributed by atoms with Gasteiger partial charge >= 0.3 is 23.9 Å². The molecule has 30 saturated heterocycles. The Morgan fingerprint density at radius 3 is 0.470 bits per heavy atom. The highest BCUT2D eigenvalue weighted by atomic mass is 32.2. The summed E-state index contributed by atoms with van der Waals surface area (Å²) in [7, 11) is 0. The third-order valence-electron chi connectivity index (χ3n) is 20.5. The van der Waals surface area contributed by atoms with Crippen LogP contribution in [0.5, 0.6) is 0 Å². The van der Waals surface area contributed by atoms with Crippen LogP contribution in [0.2, 0.25) is 0 Å². The molecule has 678 valence electrons. The molecule has 20 N–H and O–H groups in total. The van der Waals surface area contributed by atoms with Crippen LogP contribution >= 0.6 is 94.1 Å². The number of thioether (sulfide) groups is 8. The number of carbonyl (C=O) groups is 4. The maximum atomic E-state index is 12.3. The molecule has 0 spiro atoms. The number of carboxylic acids is 4. The number of aliphatic hydroxyl groups is 16. The van der Waals surface area contributed by atoms with Gasteiger partial charge in [-0.05, 0) is 29.4 Å². The van der Waals surface area contributed by atoms with Crippen LogP contribution in [0.15, 0.2) is 0 Å². The average Bonchev–Trinajstić information content (AvgIpc) is 0.771. The van der Waals surface area contributed by atoms with E-state index in [4.69, 9.17) is 75.8 Å². The molecule has 117 heavy (non-hydrogen) atoms. The Bertz CT molecular complexity index is 2990. The molecule has 3 unspecified atom stereocenters. The van der Waals surface area contributed by atoms with Crippen molar-refractivity contribution in [1.82, 2.24) is 0 Å². The molecule has 0 saturated carbocycles. The van der Waals surface area contributed by atoms with Gasteiger partial charge < -0.3 is 178 Å². The van der Waals surface area contributed by atoms with Gasteiger partial charge in [-0.2, -0.15) is 94.1 Å². The third kappa shape index (κ3) is 26.6. The SMILES string of the molecule is CCCSC[C@H]1OC2O[C@H]3[C@H](O)[C@@H](O)[C@@H](O[C@H]4[C@H](O)[C@@H](O)C(O[C@H]5[C@H](O)[C@@H](O)[C@@H](O[C@H]6[C@H](O)[C@@H](O)C(O[C@H]7[C@H](O)[C@@H](O)[C@@H](O[C@H]8[C@H](O)[C@@H](O)[C@@H](O[C@H]9[C@H](O)[C@@H](O)[C@@H](O[C@H]1[C@H](O)[C@H]2O)O[C@@H]9CSCCC(=O)O)O[C@@H]8CSCCC(=O)O)O[C@@H]7CSCCC(=O)O)O[C@@H]6CSCCC(=O)O)O[C@@H]5CSCC)O[C@@H]4CSCC)O[C@@H]3CSCC. The first-order valence-corrected chi connectivity index (χ1v) is 47.9. The Morgan fingerprint density at radius 2 is 0.342 bits per heavy atom. The highest BCUT2D eigenvalue weighted by molar-refractivity contribution is 8.00. The lowest BCUT2D eigenvalue weighted by atomic mass is 9.95. The van der Waals surface area contributed by atoms with E-state index in [1.54, 1.807) is 6.92 Å². The van der Waals surface area contributed by atoms with Gasteiger partial charge in [-0.25, -0.2) is 0 Å². The van der Waals surface area contributed by atoms with E-state index in [9.17, 15) is 121 Å². The van der Waals surface area contributed by atoms with E-state index < -0.39 is 282 Å². The van der Waals surface area contributed by atoms with Gasteiger partial charge in [0.05, 0.1) is 74.5 Å². The lowest BCUT2D eigenvalue weighted by Gasteiger charge is -2.51. The number of hydrogen-bond acceptors (Lipinski definition) is 44. The molecule has 30 aliphatic rings. The lowest BCUT2D eigenvalue weighted by molar-refractivity contribution is -0.396. The second kappa shape index (κ2) is 48.5. The van der Waals surface area contributed by atoms with Crippen molar-refractivity contribution in [2.24, 2.45) is 0 Å². The van der Waals surface area contributed by atoms with Gasteiger partial charge in [0.2, 0.25) is 0 Å². The summed E-state index contributed by atoms with van der Waals surface area (Å²) in [4.78, 5) is 47.0. The summed E-state index contributed by atoms with van der Waals surface area (Å²) in [6.45, 7) is 7.33. The van der Waals surface area contributed by atoms with Crippen LogP contribution in [-0.2, 0) is 95.0 Å². The van der Waals surface area contributed by atoms with Gasteiger partial charge in [0.1, 0.15) is 146 Å². The normalized spacial score (nSPS) is 44.4. The molecular formula is C69H114O40S8. The maximum Gasteiger partial charge on any atom is 0.304 e. The molecule has 0 radical (unpaired) electrons. The minimum absolute atomic E-state index is 0.0132. The van der Waals surface area contributed by atoms with Gasteiger partial charge in [-0.15, -0.1) is 0 Å². The minimum Gasteiger partial charge on any atom is -0.481 e. The van der Waals surface area contributed by atoms with Crippen molar-refractivity contribution >= 4 is 118 Å². The summed E-state index contributed by atoms with van der Waals surface area (Å²) < 4.78 is 101. The van der Waals surface area contributed by atoms with Crippen molar-refractivity contribution < 1.29 is 197 Å². The smallest absolute Gasteiger partial charge is 0.304 e. The van der Waals surface area contributed by atoms with Crippen LogP contribution in [-0.4, -0.2) is 464 Å². The average molecular weight is 1840 g/mol. The first-order chi connectivity index (χ1) is 55.8. The maximum absolute atomic E-state index is 12.3. The first-order valence-electron chi connectivity index (χ1n) is 38.7.